The van der Waals surface area contributed by atoms with Crippen LogP contribution in [0.1, 0.15) is 18.2 Å². The summed E-state index contributed by atoms with van der Waals surface area (Å²) < 4.78 is 10.7. The van der Waals surface area contributed by atoms with Crippen LogP contribution in [-0.2, 0) is 13.0 Å². The summed E-state index contributed by atoms with van der Waals surface area (Å²) in [6, 6.07) is 11.3. The molecule has 2 aromatic rings. The minimum absolute atomic E-state index is 0.240. The van der Waals surface area contributed by atoms with E-state index < -0.39 is 0 Å². The zero-order valence-electron chi connectivity index (χ0n) is 12.1. The topological polar surface area (TPSA) is 63.5 Å². The van der Waals surface area contributed by atoms with Crippen LogP contribution in [0.2, 0.25) is 0 Å². The molecule has 0 aliphatic carbocycles. The SMILES string of the molecule is CCc1ccc(OCCNC(=O)NCc2ccco2)cc1. The lowest BCUT2D eigenvalue weighted by Crippen LogP contribution is -2.37. The second-order valence-corrected chi connectivity index (χ2v) is 4.53. The molecule has 0 radical (unpaired) electrons. The van der Waals surface area contributed by atoms with E-state index in [-0.39, 0.29) is 6.03 Å². The molecule has 0 bridgehead atoms. The average molecular weight is 288 g/mol. The predicted octanol–water partition coefficient (Wildman–Crippen LogP) is 2.72. The molecular weight excluding hydrogens is 268 g/mol. The van der Waals surface area contributed by atoms with Crippen molar-refractivity contribution in [2.45, 2.75) is 19.9 Å². The Hall–Kier alpha value is -2.43. The van der Waals surface area contributed by atoms with Gasteiger partial charge in [-0.25, -0.2) is 4.79 Å². The van der Waals surface area contributed by atoms with Gasteiger partial charge in [0.1, 0.15) is 18.1 Å². The van der Waals surface area contributed by atoms with Crippen molar-refractivity contribution in [2.24, 2.45) is 0 Å². The quantitative estimate of drug-likeness (QED) is 0.770. The predicted molar refractivity (Wildman–Crippen MR) is 80.3 cm³/mol. The van der Waals surface area contributed by atoms with Crippen LogP contribution >= 0.6 is 0 Å². The lowest BCUT2D eigenvalue weighted by Gasteiger charge is -2.09. The van der Waals surface area contributed by atoms with Gasteiger partial charge in [-0.3, -0.25) is 0 Å². The highest BCUT2D eigenvalue weighted by Gasteiger charge is 2.01. The molecule has 5 heteroatoms. The number of hydrogen-bond acceptors (Lipinski definition) is 3. The number of carbonyl (C=O) groups is 1. The Morgan fingerprint density at radius 3 is 2.67 bits per heavy atom. The average Bonchev–Trinajstić information content (AvgIpc) is 3.03. The Labute approximate surface area is 124 Å². The molecule has 112 valence electrons. The van der Waals surface area contributed by atoms with E-state index in [0.29, 0.717) is 19.7 Å². The summed E-state index contributed by atoms with van der Waals surface area (Å²) in [5.41, 5.74) is 1.28. The Kier molecular flexibility index (Phi) is 5.70. The number of rotatable bonds is 7. The van der Waals surface area contributed by atoms with Gasteiger partial charge in [0.05, 0.1) is 19.4 Å². The number of urea groups is 1. The van der Waals surface area contributed by atoms with Gasteiger partial charge >= 0.3 is 6.03 Å². The summed E-state index contributed by atoms with van der Waals surface area (Å²) in [5, 5.41) is 5.42. The molecule has 0 fully saturated rings. The first-order valence-electron chi connectivity index (χ1n) is 7.03. The van der Waals surface area contributed by atoms with Gasteiger partial charge in [-0.15, -0.1) is 0 Å². The Bertz CT molecular complexity index is 535. The number of furan rings is 1. The Morgan fingerprint density at radius 2 is 2.00 bits per heavy atom. The van der Waals surface area contributed by atoms with E-state index in [1.54, 1.807) is 12.3 Å². The molecule has 0 aliphatic heterocycles. The largest absolute Gasteiger partial charge is 0.492 e. The van der Waals surface area contributed by atoms with Crippen molar-refractivity contribution < 1.29 is 13.9 Å². The number of amides is 2. The van der Waals surface area contributed by atoms with E-state index in [1.165, 1.54) is 5.56 Å². The molecule has 0 aliphatic rings. The summed E-state index contributed by atoms with van der Waals surface area (Å²) in [5.74, 6) is 1.53. The molecule has 0 spiro atoms. The van der Waals surface area contributed by atoms with Crippen LogP contribution in [0.3, 0.4) is 0 Å². The van der Waals surface area contributed by atoms with Crippen LogP contribution in [-0.4, -0.2) is 19.2 Å². The third-order valence-electron chi connectivity index (χ3n) is 2.99. The lowest BCUT2D eigenvalue weighted by atomic mass is 10.2. The minimum Gasteiger partial charge on any atom is -0.492 e. The van der Waals surface area contributed by atoms with Gasteiger partial charge in [0.25, 0.3) is 0 Å². The van der Waals surface area contributed by atoms with Crippen molar-refractivity contribution in [3.8, 4) is 5.75 Å². The zero-order chi connectivity index (χ0) is 14.9. The van der Waals surface area contributed by atoms with Crippen LogP contribution < -0.4 is 15.4 Å². The van der Waals surface area contributed by atoms with E-state index in [0.717, 1.165) is 17.9 Å². The maximum absolute atomic E-state index is 11.5. The van der Waals surface area contributed by atoms with Crippen molar-refractivity contribution in [1.29, 1.82) is 0 Å². The number of benzene rings is 1. The number of nitrogens with one attached hydrogen (secondary N) is 2. The highest BCUT2D eigenvalue weighted by molar-refractivity contribution is 5.73. The fourth-order valence-electron chi connectivity index (χ4n) is 1.80. The standard InChI is InChI=1S/C16H20N2O3/c1-2-13-5-7-14(8-6-13)21-11-9-17-16(19)18-12-15-4-3-10-20-15/h3-8,10H,2,9,11-12H2,1H3,(H2,17,18,19). The molecule has 21 heavy (non-hydrogen) atoms. The molecule has 5 nitrogen and oxygen atoms in total. The molecule has 0 saturated carbocycles. The molecule has 1 aromatic heterocycles. The second-order valence-electron chi connectivity index (χ2n) is 4.53. The molecule has 2 N–H and O–H groups in total. The van der Waals surface area contributed by atoms with Gasteiger partial charge in [0, 0.05) is 0 Å². The van der Waals surface area contributed by atoms with Crippen LogP contribution in [0.5, 0.6) is 5.75 Å². The fraction of sp³-hybridized carbons (Fsp3) is 0.312. The van der Waals surface area contributed by atoms with Gasteiger partial charge in [0.2, 0.25) is 0 Å². The summed E-state index contributed by atoms with van der Waals surface area (Å²) >= 11 is 0. The summed E-state index contributed by atoms with van der Waals surface area (Å²) in [6.45, 7) is 3.36. The molecule has 0 unspecified atom stereocenters. The van der Waals surface area contributed by atoms with Crippen LogP contribution in [0.15, 0.2) is 47.1 Å². The highest BCUT2D eigenvalue weighted by Crippen LogP contribution is 2.11. The Balaban J connectivity index is 1.59. The molecule has 0 saturated heterocycles. The third-order valence-corrected chi connectivity index (χ3v) is 2.99. The monoisotopic (exact) mass is 288 g/mol. The molecular formula is C16H20N2O3. The first kappa shape index (κ1) is 15.0. The number of aryl methyl sites for hydroxylation is 1. The maximum atomic E-state index is 11.5. The van der Waals surface area contributed by atoms with Crippen molar-refractivity contribution >= 4 is 6.03 Å². The second kappa shape index (κ2) is 7.99. The van der Waals surface area contributed by atoms with Gasteiger partial charge < -0.3 is 19.8 Å². The molecule has 1 aromatic carbocycles. The molecule has 1 heterocycles. The summed E-state index contributed by atoms with van der Waals surface area (Å²) in [4.78, 5) is 11.5. The van der Waals surface area contributed by atoms with Crippen LogP contribution in [0.25, 0.3) is 0 Å². The van der Waals surface area contributed by atoms with E-state index in [2.05, 4.69) is 17.6 Å². The van der Waals surface area contributed by atoms with E-state index in [4.69, 9.17) is 9.15 Å². The van der Waals surface area contributed by atoms with Gasteiger partial charge in [-0.1, -0.05) is 19.1 Å². The Morgan fingerprint density at radius 1 is 1.19 bits per heavy atom. The van der Waals surface area contributed by atoms with Gasteiger partial charge in [-0.2, -0.15) is 0 Å². The van der Waals surface area contributed by atoms with Crippen molar-refractivity contribution in [3.63, 3.8) is 0 Å². The van der Waals surface area contributed by atoms with Crippen LogP contribution in [0, 0.1) is 0 Å². The third kappa shape index (κ3) is 5.22. The summed E-state index contributed by atoms with van der Waals surface area (Å²) in [6.07, 6.45) is 2.59. The van der Waals surface area contributed by atoms with Gasteiger partial charge in [0.15, 0.2) is 0 Å². The molecule has 0 atom stereocenters. The van der Waals surface area contributed by atoms with Crippen molar-refractivity contribution in [1.82, 2.24) is 10.6 Å². The van der Waals surface area contributed by atoms with Crippen molar-refractivity contribution in [2.75, 3.05) is 13.2 Å². The molecule has 2 amide bonds. The first-order valence-corrected chi connectivity index (χ1v) is 7.03. The normalized spacial score (nSPS) is 10.1. The van der Waals surface area contributed by atoms with E-state index in [1.807, 2.05) is 30.3 Å². The van der Waals surface area contributed by atoms with E-state index in [9.17, 15) is 4.79 Å². The fourth-order valence-corrected chi connectivity index (χ4v) is 1.80. The van der Waals surface area contributed by atoms with E-state index >= 15 is 0 Å². The van der Waals surface area contributed by atoms with Crippen LogP contribution in [0.4, 0.5) is 4.79 Å². The minimum atomic E-state index is -0.240. The van der Waals surface area contributed by atoms with Gasteiger partial charge in [-0.05, 0) is 36.2 Å². The summed E-state index contributed by atoms with van der Waals surface area (Å²) in [7, 11) is 0. The zero-order valence-corrected chi connectivity index (χ0v) is 12.1. The number of ether oxygens (including phenoxy) is 1. The first-order chi connectivity index (χ1) is 10.3. The maximum Gasteiger partial charge on any atom is 0.315 e. The lowest BCUT2D eigenvalue weighted by molar-refractivity contribution is 0.235. The smallest absolute Gasteiger partial charge is 0.315 e. The van der Waals surface area contributed by atoms with Crippen molar-refractivity contribution in [3.05, 3.63) is 54.0 Å². The number of carbonyl (C=O) groups excluding carboxylic acids is 1. The molecule has 2 rings (SSSR count). The number of hydrogen-bond donors (Lipinski definition) is 2. The highest BCUT2D eigenvalue weighted by atomic mass is 16.5.